The van der Waals surface area contributed by atoms with Gasteiger partial charge < -0.3 is 10.2 Å². The molecule has 1 aromatic carbocycles. The number of H-pyrrole nitrogens is 1. The molecule has 1 aromatic heterocycles. The zero-order chi connectivity index (χ0) is 19.5. The molecule has 0 unspecified atom stereocenters. The number of carbonyl (C=O) groups excluding carboxylic acids is 1. The lowest BCUT2D eigenvalue weighted by Gasteiger charge is -2.31. The molecule has 1 amide bonds. The lowest BCUT2D eigenvalue weighted by atomic mass is 9.94. The average molecular weight is 384 g/mol. The normalized spacial score (nSPS) is 20.5. The molecule has 2 fully saturated rings. The van der Waals surface area contributed by atoms with E-state index in [9.17, 15) is 14.0 Å². The fraction of sp³-hybridized carbons (Fsp3) is 0.476. The lowest BCUT2D eigenvalue weighted by Crippen LogP contribution is -2.37. The summed E-state index contributed by atoms with van der Waals surface area (Å²) in [7, 11) is 0. The Morgan fingerprint density at radius 1 is 1.14 bits per heavy atom. The number of carbonyl (C=O) groups is 1. The summed E-state index contributed by atoms with van der Waals surface area (Å²) in [5.74, 6) is 0.198. The van der Waals surface area contributed by atoms with Crippen molar-refractivity contribution in [1.29, 1.82) is 0 Å². The van der Waals surface area contributed by atoms with Crippen molar-refractivity contribution in [3.05, 3.63) is 57.8 Å². The second-order valence-corrected chi connectivity index (χ2v) is 7.74. The highest BCUT2D eigenvalue weighted by molar-refractivity contribution is 5.80. The van der Waals surface area contributed by atoms with E-state index >= 15 is 0 Å². The summed E-state index contributed by atoms with van der Waals surface area (Å²) < 4.78 is 13.0. The van der Waals surface area contributed by atoms with Crippen LogP contribution in [-0.2, 0) is 11.3 Å². The van der Waals surface area contributed by atoms with Gasteiger partial charge in [0.2, 0.25) is 11.9 Å². The predicted octanol–water partition coefficient (Wildman–Crippen LogP) is 3.17. The molecule has 2 aromatic rings. The zero-order valence-electron chi connectivity index (χ0n) is 15.8. The number of amides is 1. The van der Waals surface area contributed by atoms with Crippen LogP contribution in [0.2, 0.25) is 0 Å². The first-order valence-electron chi connectivity index (χ1n) is 9.97. The van der Waals surface area contributed by atoms with Gasteiger partial charge in [0.1, 0.15) is 5.82 Å². The second kappa shape index (κ2) is 8.12. The molecule has 0 radical (unpaired) electrons. The van der Waals surface area contributed by atoms with Crippen LogP contribution in [0.4, 0.5) is 10.3 Å². The van der Waals surface area contributed by atoms with Crippen LogP contribution in [0.3, 0.4) is 0 Å². The Bertz CT molecular complexity index is 890. The number of rotatable bonds is 5. The molecule has 1 saturated carbocycles. The molecule has 148 valence electrons. The number of likely N-dealkylation sites (tertiary alicyclic amines) is 1. The first-order chi connectivity index (χ1) is 13.6. The van der Waals surface area contributed by atoms with E-state index in [1.807, 2.05) is 4.90 Å². The van der Waals surface area contributed by atoms with E-state index in [0.29, 0.717) is 37.2 Å². The molecule has 4 rings (SSSR count). The first-order valence-corrected chi connectivity index (χ1v) is 9.97. The minimum atomic E-state index is -0.286. The summed E-state index contributed by atoms with van der Waals surface area (Å²) in [6.45, 7) is 1.06. The highest BCUT2D eigenvalue weighted by Crippen LogP contribution is 2.32. The van der Waals surface area contributed by atoms with E-state index in [1.165, 1.54) is 37.5 Å². The summed E-state index contributed by atoms with van der Waals surface area (Å²) in [6.07, 6.45) is 6.17. The van der Waals surface area contributed by atoms with E-state index in [4.69, 9.17) is 0 Å². The molecule has 1 aliphatic heterocycles. The monoisotopic (exact) mass is 384 g/mol. The number of halogens is 1. The molecule has 2 heterocycles. The van der Waals surface area contributed by atoms with Crippen LogP contribution in [0.1, 0.15) is 55.7 Å². The van der Waals surface area contributed by atoms with Crippen LogP contribution < -0.4 is 10.9 Å². The Labute approximate surface area is 163 Å². The van der Waals surface area contributed by atoms with E-state index in [1.54, 1.807) is 12.1 Å². The second-order valence-electron chi connectivity index (χ2n) is 7.74. The Morgan fingerprint density at radius 2 is 1.89 bits per heavy atom. The van der Waals surface area contributed by atoms with Crippen molar-refractivity contribution >= 4 is 11.9 Å². The minimum Gasteiger partial charge on any atom is -0.352 e. The van der Waals surface area contributed by atoms with Crippen molar-refractivity contribution in [2.24, 2.45) is 0 Å². The maximum Gasteiger partial charge on any atom is 0.252 e. The molecule has 28 heavy (non-hydrogen) atoms. The van der Waals surface area contributed by atoms with Crippen molar-refractivity contribution in [2.75, 3.05) is 11.9 Å². The summed E-state index contributed by atoms with van der Waals surface area (Å²) in [5.41, 5.74) is 1.29. The molecule has 7 heteroatoms. The third-order valence-electron chi connectivity index (χ3n) is 5.73. The van der Waals surface area contributed by atoms with Crippen molar-refractivity contribution in [3.63, 3.8) is 0 Å². The number of benzene rings is 1. The summed E-state index contributed by atoms with van der Waals surface area (Å²) in [6, 6.07) is 7.99. The molecule has 0 bridgehead atoms. The Morgan fingerprint density at radius 3 is 2.64 bits per heavy atom. The van der Waals surface area contributed by atoms with Gasteiger partial charge in [-0.25, -0.2) is 9.37 Å². The predicted molar refractivity (Wildman–Crippen MR) is 105 cm³/mol. The van der Waals surface area contributed by atoms with Gasteiger partial charge in [-0.1, -0.05) is 31.4 Å². The minimum absolute atomic E-state index is 0.0527. The van der Waals surface area contributed by atoms with Gasteiger partial charge in [0, 0.05) is 37.5 Å². The van der Waals surface area contributed by atoms with E-state index in [-0.39, 0.29) is 23.2 Å². The fourth-order valence-electron chi connectivity index (χ4n) is 4.23. The number of anilines is 1. The first kappa shape index (κ1) is 18.7. The van der Waals surface area contributed by atoms with Crippen LogP contribution >= 0.6 is 0 Å². The van der Waals surface area contributed by atoms with Gasteiger partial charge in [0.05, 0.1) is 5.69 Å². The van der Waals surface area contributed by atoms with Crippen LogP contribution in [-0.4, -0.2) is 33.4 Å². The highest BCUT2D eigenvalue weighted by atomic mass is 19.1. The fourth-order valence-corrected chi connectivity index (χ4v) is 4.23. The van der Waals surface area contributed by atoms with E-state index < -0.39 is 0 Å². The SMILES string of the molecule is O=C1C[C@H](c2cc(=O)[nH]c(NCc3ccc(F)cc3)n2)CN1C1CCCCC1. The summed E-state index contributed by atoms with van der Waals surface area (Å²) in [4.78, 5) is 33.9. The highest BCUT2D eigenvalue weighted by Gasteiger charge is 2.36. The average Bonchev–Trinajstić information content (AvgIpc) is 3.10. The molecule has 1 saturated heterocycles. The molecular weight excluding hydrogens is 359 g/mol. The quantitative estimate of drug-likeness (QED) is 0.830. The largest absolute Gasteiger partial charge is 0.352 e. The molecule has 6 nitrogen and oxygen atoms in total. The Balaban J connectivity index is 1.45. The van der Waals surface area contributed by atoms with Gasteiger partial charge in [-0.2, -0.15) is 0 Å². The van der Waals surface area contributed by atoms with Crippen LogP contribution in [0.5, 0.6) is 0 Å². The van der Waals surface area contributed by atoms with Crippen molar-refractivity contribution in [2.45, 2.75) is 57.0 Å². The van der Waals surface area contributed by atoms with Crippen LogP contribution in [0, 0.1) is 5.82 Å². The van der Waals surface area contributed by atoms with Crippen LogP contribution in [0.25, 0.3) is 0 Å². The zero-order valence-corrected chi connectivity index (χ0v) is 15.8. The van der Waals surface area contributed by atoms with Crippen molar-refractivity contribution in [1.82, 2.24) is 14.9 Å². The van der Waals surface area contributed by atoms with Gasteiger partial charge in [-0.3, -0.25) is 14.6 Å². The lowest BCUT2D eigenvalue weighted by molar-refractivity contribution is -0.130. The van der Waals surface area contributed by atoms with Gasteiger partial charge >= 0.3 is 0 Å². The van der Waals surface area contributed by atoms with Crippen molar-refractivity contribution in [3.8, 4) is 0 Å². The number of nitrogens with zero attached hydrogens (tertiary/aromatic N) is 2. The Hall–Kier alpha value is -2.70. The number of aromatic amines is 1. The van der Waals surface area contributed by atoms with Gasteiger partial charge in [-0.05, 0) is 30.5 Å². The van der Waals surface area contributed by atoms with Gasteiger partial charge in [0.15, 0.2) is 0 Å². The maximum atomic E-state index is 13.0. The summed E-state index contributed by atoms with van der Waals surface area (Å²) >= 11 is 0. The Kier molecular flexibility index (Phi) is 5.41. The third-order valence-corrected chi connectivity index (χ3v) is 5.73. The summed E-state index contributed by atoms with van der Waals surface area (Å²) in [5, 5.41) is 3.08. The topological polar surface area (TPSA) is 78.1 Å². The van der Waals surface area contributed by atoms with Gasteiger partial charge in [-0.15, -0.1) is 0 Å². The standard InChI is InChI=1S/C21H25FN4O2/c22-16-8-6-14(7-9-16)12-23-21-24-18(11-19(27)25-21)15-10-20(28)26(13-15)17-4-2-1-3-5-17/h6-9,11,15,17H,1-5,10,12-13H2,(H2,23,24,25,27)/t15-/m0/s1. The molecule has 0 spiro atoms. The van der Waals surface area contributed by atoms with Crippen molar-refractivity contribution < 1.29 is 9.18 Å². The van der Waals surface area contributed by atoms with E-state index in [2.05, 4.69) is 15.3 Å². The molecule has 2 aliphatic rings. The smallest absolute Gasteiger partial charge is 0.252 e. The molecule has 1 atom stereocenters. The van der Waals surface area contributed by atoms with Gasteiger partial charge in [0.25, 0.3) is 5.56 Å². The number of hydrogen-bond donors (Lipinski definition) is 2. The number of hydrogen-bond acceptors (Lipinski definition) is 4. The molecular formula is C21H25FN4O2. The number of aromatic nitrogens is 2. The molecule has 1 aliphatic carbocycles. The maximum absolute atomic E-state index is 13.0. The third kappa shape index (κ3) is 4.24. The van der Waals surface area contributed by atoms with Crippen LogP contribution in [0.15, 0.2) is 35.1 Å². The van der Waals surface area contributed by atoms with E-state index in [0.717, 1.165) is 18.4 Å². The molecule has 2 N–H and O–H groups in total. The number of nitrogens with one attached hydrogen (secondary N) is 2.